The van der Waals surface area contributed by atoms with Crippen molar-refractivity contribution in [1.82, 2.24) is 20.4 Å². The molecule has 3 rings (SSSR count). The Bertz CT molecular complexity index is 552. The van der Waals surface area contributed by atoms with Gasteiger partial charge in [0.25, 0.3) is 0 Å². The predicted octanol–water partition coefficient (Wildman–Crippen LogP) is 2.59. The molecule has 0 spiro atoms. The van der Waals surface area contributed by atoms with Gasteiger partial charge in [-0.25, -0.2) is 0 Å². The Labute approximate surface area is 137 Å². The highest BCUT2D eigenvalue weighted by Crippen LogP contribution is 2.19. The van der Waals surface area contributed by atoms with Gasteiger partial charge in [0.2, 0.25) is 11.7 Å². The lowest BCUT2D eigenvalue weighted by molar-refractivity contribution is 0.159. The van der Waals surface area contributed by atoms with Crippen LogP contribution in [0, 0.1) is 5.92 Å². The number of nitrogens with zero attached hydrogens (tertiary/aromatic N) is 3. The van der Waals surface area contributed by atoms with Crippen LogP contribution in [0.25, 0.3) is 11.4 Å². The molecule has 1 N–H and O–H groups in total. The van der Waals surface area contributed by atoms with Gasteiger partial charge in [0.1, 0.15) is 0 Å². The van der Waals surface area contributed by atoms with Crippen LogP contribution in [-0.4, -0.2) is 41.7 Å². The highest BCUT2D eigenvalue weighted by atomic mass is 35.5. The summed E-state index contributed by atoms with van der Waals surface area (Å²) < 4.78 is 5.38. The average molecular weight is 323 g/mol. The van der Waals surface area contributed by atoms with E-state index in [4.69, 9.17) is 4.52 Å². The van der Waals surface area contributed by atoms with E-state index in [1.54, 1.807) is 0 Å². The summed E-state index contributed by atoms with van der Waals surface area (Å²) in [4.78, 5) is 6.90. The van der Waals surface area contributed by atoms with E-state index in [0.717, 1.165) is 37.7 Å². The molecular formula is C16H23ClN4O. The van der Waals surface area contributed by atoms with Crippen molar-refractivity contribution in [2.24, 2.45) is 5.92 Å². The van der Waals surface area contributed by atoms with Crippen molar-refractivity contribution in [1.29, 1.82) is 0 Å². The summed E-state index contributed by atoms with van der Waals surface area (Å²) >= 11 is 0. The summed E-state index contributed by atoms with van der Waals surface area (Å²) in [7, 11) is 2.02. The highest BCUT2D eigenvalue weighted by Gasteiger charge is 2.20. The molecule has 2 heterocycles. The van der Waals surface area contributed by atoms with Crippen LogP contribution < -0.4 is 5.32 Å². The SMILES string of the molecule is CNCC1CCN(Cc2nc(-c3ccccc3)no2)CC1.Cl. The second-order valence-corrected chi connectivity index (χ2v) is 5.65. The maximum atomic E-state index is 5.38. The van der Waals surface area contributed by atoms with Crippen LogP contribution >= 0.6 is 12.4 Å². The van der Waals surface area contributed by atoms with Gasteiger partial charge < -0.3 is 9.84 Å². The minimum Gasteiger partial charge on any atom is -0.338 e. The molecule has 1 fully saturated rings. The molecular weight excluding hydrogens is 300 g/mol. The monoisotopic (exact) mass is 322 g/mol. The summed E-state index contributed by atoms with van der Waals surface area (Å²) in [6.45, 7) is 4.09. The Morgan fingerprint density at radius 2 is 1.95 bits per heavy atom. The van der Waals surface area contributed by atoms with Gasteiger partial charge in [-0.2, -0.15) is 4.98 Å². The molecule has 1 aliphatic rings. The molecule has 1 aromatic carbocycles. The van der Waals surface area contributed by atoms with Crippen molar-refractivity contribution in [3.8, 4) is 11.4 Å². The number of halogens is 1. The Balaban J connectivity index is 0.00000176. The van der Waals surface area contributed by atoms with Gasteiger partial charge in [-0.3, -0.25) is 4.90 Å². The first-order valence-electron chi connectivity index (χ1n) is 7.60. The summed E-state index contributed by atoms with van der Waals surface area (Å²) in [6.07, 6.45) is 2.47. The number of hydrogen-bond acceptors (Lipinski definition) is 5. The first kappa shape index (κ1) is 16.9. The zero-order valence-electron chi connectivity index (χ0n) is 12.9. The number of rotatable bonds is 5. The molecule has 1 aliphatic heterocycles. The quantitative estimate of drug-likeness (QED) is 0.917. The van der Waals surface area contributed by atoms with E-state index in [1.165, 1.54) is 12.8 Å². The van der Waals surface area contributed by atoms with E-state index in [1.807, 2.05) is 37.4 Å². The summed E-state index contributed by atoms with van der Waals surface area (Å²) in [5, 5.41) is 7.34. The van der Waals surface area contributed by atoms with E-state index in [-0.39, 0.29) is 12.4 Å². The number of aromatic nitrogens is 2. The number of hydrogen-bond donors (Lipinski definition) is 1. The maximum Gasteiger partial charge on any atom is 0.241 e. The second kappa shape index (κ2) is 8.27. The lowest BCUT2D eigenvalue weighted by Gasteiger charge is -2.30. The first-order chi connectivity index (χ1) is 10.3. The smallest absolute Gasteiger partial charge is 0.241 e. The van der Waals surface area contributed by atoms with Crippen LogP contribution in [0.5, 0.6) is 0 Å². The molecule has 120 valence electrons. The van der Waals surface area contributed by atoms with E-state index >= 15 is 0 Å². The van der Waals surface area contributed by atoms with Gasteiger partial charge in [-0.1, -0.05) is 35.5 Å². The fourth-order valence-electron chi connectivity index (χ4n) is 2.85. The normalized spacial score (nSPS) is 16.4. The van der Waals surface area contributed by atoms with Crippen molar-refractivity contribution >= 4 is 12.4 Å². The van der Waals surface area contributed by atoms with Gasteiger partial charge in [-0.15, -0.1) is 12.4 Å². The van der Waals surface area contributed by atoms with Crippen molar-refractivity contribution < 1.29 is 4.52 Å². The molecule has 5 nitrogen and oxygen atoms in total. The van der Waals surface area contributed by atoms with Gasteiger partial charge >= 0.3 is 0 Å². The molecule has 1 aromatic heterocycles. The third-order valence-electron chi connectivity index (χ3n) is 4.06. The number of benzene rings is 1. The van der Waals surface area contributed by atoms with Crippen LogP contribution in [0.1, 0.15) is 18.7 Å². The largest absolute Gasteiger partial charge is 0.338 e. The van der Waals surface area contributed by atoms with E-state index in [9.17, 15) is 0 Å². The molecule has 0 saturated carbocycles. The Kier molecular flexibility index (Phi) is 6.36. The minimum atomic E-state index is 0. The van der Waals surface area contributed by atoms with Gasteiger partial charge in [0.15, 0.2) is 0 Å². The Morgan fingerprint density at radius 3 is 2.64 bits per heavy atom. The maximum absolute atomic E-state index is 5.38. The fraction of sp³-hybridized carbons (Fsp3) is 0.500. The third kappa shape index (κ3) is 4.29. The second-order valence-electron chi connectivity index (χ2n) is 5.65. The van der Waals surface area contributed by atoms with E-state index < -0.39 is 0 Å². The number of piperidine rings is 1. The van der Waals surface area contributed by atoms with Gasteiger partial charge in [-0.05, 0) is 45.4 Å². The van der Waals surface area contributed by atoms with Crippen molar-refractivity contribution in [2.75, 3.05) is 26.7 Å². The molecule has 2 aromatic rings. The van der Waals surface area contributed by atoms with Gasteiger partial charge in [0.05, 0.1) is 6.54 Å². The van der Waals surface area contributed by atoms with E-state index in [0.29, 0.717) is 11.7 Å². The summed E-state index contributed by atoms with van der Waals surface area (Å²) in [6, 6.07) is 9.95. The molecule has 6 heteroatoms. The predicted molar refractivity (Wildman–Crippen MR) is 88.9 cm³/mol. The molecule has 22 heavy (non-hydrogen) atoms. The number of nitrogens with one attached hydrogen (secondary N) is 1. The minimum absolute atomic E-state index is 0. The number of likely N-dealkylation sites (tertiary alicyclic amines) is 1. The average Bonchev–Trinajstić information content (AvgIpc) is 2.99. The first-order valence-corrected chi connectivity index (χ1v) is 7.60. The molecule has 0 amide bonds. The topological polar surface area (TPSA) is 54.2 Å². The standard InChI is InChI=1S/C16H22N4O.ClH/c1-17-11-13-7-9-20(10-8-13)12-15-18-16(19-21-15)14-5-3-2-4-6-14;/h2-6,13,17H,7-12H2,1H3;1H. The molecule has 0 atom stereocenters. The van der Waals surface area contributed by atoms with Crippen LogP contribution in [0.15, 0.2) is 34.9 Å². The van der Waals surface area contributed by atoms with Crippen LogP contribution in [0.2, 0.25) is 0 Å². The van der Waals surface area contributed by atoms with Gasteiger partial charge in [0, 0.05) is 5.56 Å². The van der Waals surface area contributed by atoms with Crippen molar-refractivity contribution in [2.45, 2.75) is 19.4 Å². The van der Waals surface area contributed by atoms with E-state index in [2.05, 4.69) is 20.4 Å². The summed E-state index contributed by atoms with van der Waals surface area (Å²) in [5.74, 6) is 2.19. The Hall–Kier alpha value is -1.43. The van der Waals surface area contributed by atoms with Crippen molar-refractivity contribution in [3.05, 3.63) is 36.2 Å². The molecule has 0 unspecified atom stereocenters. The zero-order valence-corrected chi connectivity index (χ0v) is 13.7. The fourth-order valence-corrected chi connectivity index (χ4v) is 2.85. The van der Waals surface area contributed by atoms with Crippen molar-refractivity contribution in [3.63, 3.8) is 0 Å². The highest BCUT2D eigenvalue weighted by molar-refractivity contribution is 5.85. The van der Waals surface area contributed by atoms with Crippen LogP contribution in [0.3, 0.4) is 0 Å². The van der Waals surface area contributed by atoms with Crippen LogP contribution in [0.4, 0.5) is 0 Å². The molecule has 0 bridgehead atoms. The summed E-state index contributed by atoms with van der Waals surface area (Å²) in [5.41, 5.74) is 1.00. The van der Waals surface area contributed by atoms with Crippen LogP contribution in [-0.2, 0) is 6.54 Å². The molecule has 0 aliphatic carbocycles. The molecule has 0 radical (unpaired) electrons. The third-order valence-corrected chi connectivity index (χ3v) is 4.06. The molecule has 1 saturated heterocycles. The lowest BCUT2D eigenvalue weighted by atomic mass is 9.97. The Morgan fingerprint density at radius 1 is 1.23 bits per heavy atom. The lowest BCUT2D eigenvalue weighted by Crippen LogP contribution is -2.36. The zero-order chi connectivity index (χ0) is 14.5.